The summed E-state index contributed by atoms with van der Waals surface area (Å²) in [4.78, 5) is 17.3. The number of carbonyl (C=O) groups is 1. The van der Waals surface area contributed by atoms with E-state index in [1.54, 1.807) is 6.20 Å². The van der Waals surface area contributed by atoms with Crippen LogP contribution >= 0.6 is 11.8 Å². The fourth-order valence-electron chi connectivity index (χ4n) is 4.57. The molecule has 2 heterocycles. The Balaban J connectivity index is 1.38. The SMILES string of the molecule is Cc1cc(CSc2ncccc2C(=O)N[C@@H]2CC[C@@H]3CCCC[C@H]3C2)no1. The van der Waals surface area contributed by atoms with Gasteiger partial charge < -0.3 is 9.84 Å². The number of amides is 1. The number of thioether (sulfide) groups is 1. The molecule has 144 valence electrons. The number of carbonyl (C=O) groups excluding carboxylic acids is 1. The van der Waals surface area contributed by atoms with E-state index < -0.39 is 0 Å². The van der Waals surface area contributed by atoms with Gasteiger partial charge >= 0.3 is 0 Å². The van der Waals surface area contributed by atoms with Gasteiger partial charge in [-0.15, -0.1) is 0 Å². The van der Waals surface area contributed by atoms with Crippen molar-refractivity contribution in [2.45, 2.75) is 68.7 Å². The summed E-state index contributed by atoms with van der Waals surface area (Å²) < 4.78 is 5.11. The minimum Gasteiger partial charge on any atom is -0.361 e. The lowest BCUT2D eigenvalue weighted by Crippen LogP contribution is -2.41. The van der Waals surface area contributed by atoms with Crippen LogP contribution in [-0.4, -0.2) is 22.1 Å². The maximum atomic E-state index is 12.9. The van der Waals surface area contributed by atoms with Crippen molar-refractivity contribution in [2.75, 3.05) is 0 Å². The lowest BCUT2D eigenvalue weighted by molar-refractivity contribution is 0.0876. The predicted molar refractivity (Wildman–Crippen MR) is 106 cm³/mol. The van der Waals surface area contributed by atoms with Gasteiger partial charge in [0.25, 0.3) is 5.91 Å². The normalized spacial score (nSPS) is 25.0. The largest absolute Gasteiger partial charge is 0.361 e. The predicted octanol–water partition coefficient (Wildman–Crippen LogP) is 4.76. The zero-order valence-corrected chi connectivity index (χ0v) is 16.6. The fourth-order valence-corrected chi connectivity index (χ4v) is 5.45. The van der Waals surface area contributed by atoms with Crippen LogP contribution in [-0.2, 0) is 5.75 Å². The molecule has 2 aromatic rings. The van der Waals surface area contributed by atoms with Crippen molar-refractivity contribution in [2.24, 2.45) is 11.8 Å². The fraction of sp³-hybridized carbons (Fsp3) is 0.571. The van der Waals surface area contributed by atoms with E-state index in [4.69, 9.17) is 4.52 Å². The van der Waals surface area contributed by atoms with Crippen molar-refractivity contribution < 1.29 is 9.32 Å². The molecule has 2 aliphatic rings. The first-order chi connectivity index (χ1) is 13.2. The maximum Gasteiger partial charge on any atom is 0.254 e. The lowest BCUT2D eigenvalue weighted by Gasteiger charge is -2.39. The van der Waals surface area contributed by atoms with E-state index in [0.717, 1.165) is 41.2 Å². The Kier molecular flexibility index (Phi) is 5.81. The van der Waals surface area contributed by atoms with Gasteiger partial charge in [0.15, 0.2) is 0 Å². The van der Waals surface area contributed by atoms with Gasteiger partial charge in [-0.05, 0) is 50.2 Å². The molecule has 2 fully saturated rings. The number of nitrogens with one attached hydrogen (secondary N) is 1. The molecule has 4 rings (SSSR count). The summed E-state index contributed by atoms with van der Waals surface area (Å²) in [6.45, 7) is 1.88. The van der Waals surface area contributed by atoms with E-state index in [0.29, 0.717) is 17.4 Å². The molecule has 0 saturated heterocycles. The molecule has 0 aromatic carbocycles. The van der Waals surface area contributed by atoms with E-state index in [-0.39, 0.29) is 5.91 Å². The van der Waals surface area contributed by atoms with E-state index in [2.05, 4.69) is 15.5 Å². The number of nitrogens with zero attached hydrogens (tertiary/aromatic N) is 2. The van der Waals surface area contributed by atoms with Crippen molar-refractivity contribution in [3.05, 3.63) is 41.4 Å². The molecular weight excluding hydrogens is 358 g/mol. The van der Waals surface area contributed by atoms with Crippen LogP contribution in [0.2, 0.25) is 0 Å². The summed E-state index contributed by atoms with van der Waals surface area (Å²) >= 11 is 1.53. The van der Waals surface area contributed by atoms with Crippen LogP contribution in [0.3, 0.4) is 0 Å². The molecule has 2 aromatic heterocycles. The highest BCUT2D eigenvalue weighted by molar-refractivity contribution is 7.98. The Morgan fingerprint density at radius 3 is 2.93 bits per heavy atom. The van der Waals surface area contributed by atoms with E-state index in [9.17, 15) is 4.79 Å². The zero-order chi connectivity index (χ0) is 18.6. The third-order valence-electron chi connectivity index (χ3n) is 5.92. The Morgan fingerprint density at radius 2 is 2.11 bits per heavy atom. The summed E-state index contributed by atoms with van der Waals surface area (Å²) in [7, 11) is 0. The smallest absolute Gasteiger partial charge is 0.254 e. The summed E-state index contributed by atoms with van der Waals surface area (Å²) in [6.07, 6.45) is 10.7. The van der Waals surface area contributed by atoms with Gasteiger partial charge in [-0.1, -0.05) is 42.6 Å². The molecule has 1 N–H and O–H groups in total. The number of aromatic nitrogens is 2. The van der Waals surface area contributed by atoms with Crippen molar-refractivity contribution in [1.29, 1.82) is 0 Å². The monoisotopic (exact) mass is 385 g/mol. The van der Waals surface area contributed by atoms with Gasteiger partial charge in [-0.3, -0.25) is 4.79 Å². The molecule has 3 atom stereocenters. The Labute approximate surface area is 164 Å². The minimum atomic E-state index is 0.00110. The Bertz CT molecular complexity index is 791. The Hall–Kier alpha value is -1.82. The number of pyridine rings is 1. The van der Waals surface area contributed by atoms with Crippen molar-refractivity contribution in [3.8, 4) is 0 Å². The number of rotatable bonds is 5. The van der Waals surface area contributed by atoms with Crippen LogP contribution in [0.15, 0.2) is 33.9 Å². The van der Waals surface area contributed by atoms with Crippen molar-refractivity contribution in [3.63, 3.8) is 0 Å². The highest BCUT2D eigenvalue weighted by Gasteiger charge is 2.33. The van der Waals surface area contributed by atoms with Crippen molar-refractivity contribution >= 4 is 17.7 Å². The second-order valence-corrected chi connectivity index (χ2v) is 8.83. The summed E-state index contributed by atoms with van der Waals surface area (Å²) in [5.41, 5.74) is 1.53. The minimum absolute atomic E-state index is 0.00110. The molecule has 0 spiro atoms. The summed E-state index contributed by atoms with van der Waals surface area (Å²) in [5, 5.41) is 8.05. The third kappa shape index (κ3) is 4.54. The number of fused-ring (bicyclic) bond motifs is 1. The molecule has 0 radical (unpaired) electrons. The molecule has 5 nitrogen and oxygen atoms in total. The summed E-state index contributed by atoms with van der Waals surface area (Å²) in [6, 6.07) is 5.91. The van der Waals surface area contributed by atoms with E-state index in [1.807, 2.05) is 25.1 Å². The van der Waals surface area contributed by atoms with E-state index >= 15 is 0 Å². The first-order valence-electron chi connectivity index (χ1n) is 10.00. The van der Waals surface area contributed by atoms with Crippen molar-refractivity contribution in [1.82, 2.24) is 15.5 Å². The van der Waals surface area contributed by atoms with Gasteiger partial charge in [-0.25, -0.2) is 4.98 Å². The van der Waals surface area contributed by atoms with Crippen LogP contribution in [0.1, 0.15) is 66.8 Å². The number of aryl methyl sites for hydroxylation is 1. The summed E-state index contributed by atoms with van der Waals surface area (Å²) in [5.74, 6) is 3.13. The molecule has 0 unspecified atom stereocenters. The molecule has 27 heavy (non-hydrogen) atoms. The first kappa shape index (κ1) is 18.5. The Morgan fingerprint density at radius 1 is 1.26 bits per heavy atom. The van der Waals surface area contributed by atoms with Gasteiger partial charge in [0.2, 0.25) is 0 Å². The van der Waals surface area contributed by atoms with Crippen LogP contribution in [0.5, 0.6) is 0 Å². The quantitative estimate of drug-likeness (QED) is 0.752. The standard InChI is InChI=1S/C21H27N3O2S/c1-14-11-18(24-26-14)13-27-21-19(7-4-10-22-21)20(25)23-17-9-8-15-5-2-3-6-16(15)12-17/h4,7,10-11,15-17H,2-3,5-6,8-9,12-13H2,1H3,(H,23,25)/t15-,16-,17+/m0/s1. The molecular formula is C21H27N3O2S. The van der Waals surface area contributed by atoms with Crippen LogP contribution in [0.25, 0.3) is 0 Å². The van der Waals surface area contributed by atoms with Crippen LogP contribution in [0, 0.1) is 18.8 Å². The number of hydrogen-bond acceptors (Lipinski definition) is 5. The first-order valence-corrected chi connectivity index (χ1v) is 11.0. The molecule has 1 amide bonds. The lowest BCUT2D eigenvalue weighted by atomic mass is 9.69. The highest BCUT2D eigenvalue weighted by atomic mass is 32.2. The second kappa shape index (κ2) is 8.46. The van der Waals surface area contributed by atoms with Gasteiger partial charge in [-0.2, -0.15) is 0 Å². The topological polar surface area (TPSA) is 68.0 Å². The average molecular weight is 386 g/mol. The average Bonchev–Trinajstić information content (AvgIpc) is 3.11. The van der Waals surface area contributed by atoms with Crippen LogP contribution in [0.4, 0.5) is 0 Å². The maximum absolute atomic E-state index is 12.9. The third-order valence-corrected chi connectivity index (χ3v) is 6.96. The second-order valence-electron chi connectivity index (χ2n) is 7.86. The molecule has 2 aliphatic carbocycles. The van der Waals surface area contributed by atoms with E-state index in [1.165, 1.54) is 43.9 Å². The zero-order valence-electron chi connectivity index (χ0n) is 15.8. The van der Waals surface area contributed by atoms with Crippen LogP contribution < -0.4 is 5.32 Å². The molecule has 6 heteroatoms. The van der Waals surface area contributed by atoms with Gasteiger partial charge in [0.05, 0.1) is 11.3 Å². The van der Waals surface area contributed by atoms with Gasteiger partial charge in [0, 0.05) is 24.1 Å². The number of hydrogen-bond donors (Lipinski definition) is 1. The molecule has 0 aliphatic heterocycles. The highest BCUT2D eigenvalue weighted by Crippen LogP contribution is 2.40. The van der Waals surface area contributed by atoms with Gasteiger partial charge in [0.1, 0.15) is 10.8 Å². The molecule has 2 saturated carbocycles. The molecule has 0 bridgehead atoms.